The Bertz CT molecular complexity index is 843. The Morgan fingerprint density at radius 1 is 1.38 bits per heavy atom. The van der Waals surface area contributed by atoms with Crippen molar-refractivity contribution in [2.45, 2.75) is 46.6 Å². The van der Waals surface area contributed by atoms with Crippen LogP contribution in [0.5, 0.6) is 5.75 Å². The zero-order valence-corrected chi connectivity index (χ0v) is 16.2. The smallest absolute Gasteiger partial charge is 0.265 e. The van der Waals surface area contributed by atoms with E-state index >= 15 is 0 Å². The van der Waals surface area contributed by atoms with Crippen LogP contribution in [-0.4, -0.2) is 22.9 Å². The number of carbonyl (C=O) groups is 2. The van der Waals surface area contributed by atoms with E-state index in [-0.39, 0.29) is 17.7 Å². The molecule has 0 spiro atoms. The van der Waals surface area contributed by atoms with Crippen LogP contribution in [0.25, 0.3) is 11.3 Å². The molecular weight excluding hydrogens is 350 g/mol. The Balaban J connectivity index is 1.85. The van der Waals surface area contributed by atoms with Crippen molar-refractivity contribution in [2.24, 2.45) is 5.92 Å². The summed E-state index contributed by atoms with van der Waals surface area (Å²) in [6, 6.07) is 5.60. The average molecular weight is 373 g/mol. The van der Waals surface area contributed by atoms with Crippen molar-refractivity contribution in [3.8, 4) is 17.0 Å². The number of aryl methyl sites for hydroxylation is 1. The number of fused-ring (bicyclic) bond motifs is 1. The molecule has 6 nitrogen and oxygen atoms in total. The number of thiazole rings is 1. The summed E-state index contributed by atoms with van der Waals surface area (Å²) in [5.41, 5.74) is 2.31. The van der Waals surface area contributed by atoms with Gasteiger partial charge in [0.1, 0.15) is 5.75 Å². The number of ether oxygens (including phenoxy) is 1. The lowest BCUT2D eigenvalue weighted by molar-refractivity contribution is -0.122. The van der Waals surface area contributed by atoms with E-state index < -0.39 is 6.10 Å². The van der Waals surface area contributed by atoms with Gasteiger partial charge in [-0.25, -0.2) is 4.98 Å². The highest BCUT2D eigenvalue weighted by Gasteiger charge is 2.24. The van der Waals surface area contributed by atoms with Crippen LogP contribution in [0.2, 0.25) is 0 Å². The molecule has 1 aliphatic heterocycles. The lowest BCUT2D eigenvalue weighted by Gasteiger charge is -2.23. The minimum Gasteiger partial charge on any atom is -0.479 e. The third-order valence-corrected chi connectivity index (χ3v) is 5.45. The van der Waals surface area contributed by atoms with E-state index in [1.165, 1.54) is 11.3 Å². The number of anilines is 2. The maximum absolute atomic E-state index is 12.3. The number of carbonyl (C=O) groups excluding carboxylic acids is 2. The summed E-state index contributed by atoms with van der Waals surface area (Å²) in [4.78, 5) is 29.7. The first-order valence-electron chi connectivity index (χ1n) is 8.83. The summed E-state index contributed by atoms with van der Waals surface area (Å²) in [6.45, 7) is 7.70. The molecule has 0 saturated heterocycles. The molecule has 1 aliphatic rings. The van der Waals surface area contributed by atoms with Gasteiger partial charge < -0.3 is 15.4 Å². The van der Waals surface area contributed by atoms with Crippen LogP contribution in [-0.2, 0) is 9.59 Å². The quantitative estimate of drug-likeness (QED) is 0.823. The summed E-state index contributed by atoms with van der Waals surface area (Å²) in [6.07, 6.45) is 1.12. The number of nitrogens with one attached hydrogen (secondary N) is 2. The van der Waals surface area contributed by atoms with Crippen molar-refractivity contribution in [1.82, 2.24) is 4.98 Å². The SMILES string of the molecule is CCC(CC)C(=O)Nc1nc(-c2ccc3c(c2)NC(=O)[C@@H](C)O3)c(C)s1. The topological polar surface area (TPSA) is 80.3 Å². The number of amides is 2. The molecule has 1 aromatic heterocycles. The number of hydrogen-bond donors (Lipinski definition) is 2. The average Bonchev–Trinajstić information content (AvgIpc) is 2.97. The molecule has 1 aromatic carbocycles. The molecule has 2 amide bonds. The van der Waals surface area contributed by atoms with Crippen LogP contribution >= 0.6 is 11.3 Å². The number of nitrogens with zero attached hydrogens (tertiary/aromatic N) is 1. The van der Waals surface area contributed by atoms with Gasteiger partial charge in [0.2, 0.25) is 5.91 Å². The van der Waals surface area contributed by atoms with Crippen molar-refractivity contribution in [2.75, 3.05) is 10.6 Å². The van der Waals surface area contributed by atoms with Gasteiger partial charge in [-0.05, 0) is 44.9 Å². The maximum Gasteiger partial charge on any atom is 0.265 e. The molecule has 0 saturated carbocycles. The Labute approximate surface area is 157 Å². The summed E-state index contributed by atoms with van der Waals surface area (Å²) in [5.74, 6) is 0.495. The zero-order chi connectivity index (χ0) is 18.8. The first kappa shape index (κ1) is 18.4. The number of benzene rings is 1. The van der Waals surface area contributed by atoms with Crippen LogP contribution < -0.4 is 15.4 Å². The van der Waals surface area contributed by atoms with Crippen LogP contribution in [0.1, 0.15) is 38.5 Å². The zero-order valence-electron chi connectivity index (χ0n) is 15.4. The summed E-state index contributed by atoms with van der Waals surface area (Å²) in [7, 11) is 0. The second-order valence-corrected chi connectivity index (χ2v) is 7.59. The third-order valence-electron chi connectivity index (χ3n) is 4.57. The molecule has 2 aromatic rings. The minimum absolute atomic E-state index is 0.000696. The van der Waals surface area contributed by atoms with Crippen molar-refractivity contribution in [3.63, 3.8) is 0 Å². The predicted molar refractivity (Wildman–Crippen MR) is 104 cm³/mol. The first-order valence-corrected chi connectivity index (χ1v) is 9.64. The van der Waals surface area contributed by atoms with Gasteiger partial charge in [0.05, 0.1) is 11.4 Å². The molecule has 2 heterocycles. The molecule has 0 radical (unpaired) electrons. The number of hydrogen-bond acceptors (Lipinski definition) is 5. The fraction of sp³-hybridized carbons (Fsp3) is 0.421. The van der Waals surface area contributed by atoms with Gasteiger partial charge in [-0.2, -0.15) is 0 Å². The van der Waals surface area contributed by atoms with E-state index in [2.05, 4.69) is 15.6 Å². The van der Waals surface area contributed by atoms with Crippen LogP contribution in [0.15, 0.2) is 18.2 Å². The van der Waals surface area contributed by atoms with E-state index in [1.54, 1.807) is 6.92 Å². The molecule has 138 valence electrons. The van der Waals surface area contributed by atoms with Gasteiger partial charge in [-0.15, -0.1) is 11.3 Å². The molecule has 0 unspecified atom stereocenters. The highest BCUT2D eigenvalue weighted by atomic mass is 32.1. The molecule has 0 aliphatic carbocycles. The lowest BCUT2D eigenvalue weighted by Crippen LogP contribution is -2.34. The molecule has 7 heteroatoms. The van der Waals surface area contributed by atoms with Gasteiger partial charge >= 0.3 is 0 Å². The summed E-state index contributed by atoms with van der Waals surface area (Å²) < 4.78 is 5.59. The lowest BCUT2D eigenvalue weighted by atomic mass is 10.0. The van der Waals surface area contributed by atoms with Crippen molar-refractivity contribution >= 4 is 34.0 Å². The molecule has 2 N–H and O–H groups in total. The second kappa shape index (κ2) is 7.45. The second-order valence-electron chi connectivity index (χ2n) is 6.39. The molecule has 0 bridgehead atoms. The van der Waals surface area contributed by atoms with Crippen molar-refractivity contribution in [3.05, 3.63) is 23.1 Å². The number of aromatic nitrogens is 1. The van der Waals surface area contributed by atoms with E-state index in [9.17, 15) is 9.59 Å². The molecule has 0 fully saturated rings. The normalized spacial score (nSPS) is 16.0. The monoisotopic (exact) mass is 373 g/mol. The van der Waals surface area contributed by atoms with Crippen molar-refractivity contribution < 1.29 is 14.3 Å². The van der Waals surface area contributed by atoms with Gasteiger partial charge in [0.15, 0.2) is 11.2 Å². The van der Waals surface area contributed by atoms with Crippen molar-refractivity contribution in [1.29, 1.82) is 0 Å². The van der Waals surface area contributed by atoms with Gasteiger partial charge in [0.25, 0.3) is 5.91 Å². The van der Waals surface area contributed by atoms with Gasteiger partial charge in [-0.3, -0.25) is 9.59 Å². The van der Waals surface area contributed by atoms with E-state index in [0.29, 0.717) is 16.6 Å². The Kier molecular flexibility index (Phi) is 5.27. The fourth-order valence-corrected chi connectivity index (χ4v) is 3.78. The first-order chi connectivity index (χ1) is 12.4. The molecule has 26 heavy (non-hydrogen) atoms. The summed E-state index contributed by atoms with van der Waals surface area (Å²) >= 11 is 1.45. The minimum atomic E-state index is -0.499. The molecule has 3 rings (SSSR count). The fourth-order valence-electron chi connectivity index (χ4n) is 2.94. The van der Waals surface area contributed by atoms with Crippen LogP contribution in [0.4, 0.5) is 10.8 Å². The predicted octanol–water partition coefficient (Wildman–Crippen LogP) is 4.21. The van der Waals surface area contributed by atoms with Gasteiger partial charge in [-0.1, -0.05) is 13.8 Å². The van der Waals surface area contributed by atoms with Crippen LogP contribution in [0.3, 0.4) is 0 Å². The largest absolute Gasteiger partial charge is 0.479 e. The number of rotatable bonds is 5. The van der Waals surface area contributed by atoms with E-state index in [0.717, 1.165) is 29.0 Å². The molecule has 1 atom stereocenters. The Morgan fingerprint density at radius 3 is 2.81 bits per heavy atom. The highest BCUT2D eigenvalue weighted by molar-refractivity contribution is 7.16. The van der Waals surface area contributed by atoms with Gasteiger partial charge in [0, 0.05) is 16.4 Å². The highest BCUT2D eigenvalue weighted by Crippen LogP contribution is 2.37. The molecular formula is C19H23N3O3S. The standard InChI is InChI=1S/C19H23N3O3S/c1-5-12(6-2)18(24)22-19-21-16(11(4)26-19)13-7-8-15-14(9-13)20-17(23)10(3)25-15/h7-10,12H,5-6H2,1-4H3,(H,20,23)(H,21,22,24)/t10-/m1/s1. The summed E-state index contributed by atoms with van der Waals surface area (Å²) in [5, 5.41) is 6.37. The Hall–Kier alpha value is -2.41. The maximum atomic E-state index is 12.3. The van der Waals surface area contributed by atoms with E-state index in [4.69, 9.17) is 4.74 Å². The van der Waals surface area contributed by atoms with E-state index in [1.807, 2.05) is 39.0 Å². The third kappa shape index (κ3) is 3.58. The van der Waals surface area contributed by atoms with Crippen LogP contribution in [0, 0.1) is 12.8 Å². The Morgan fingerprint density at radius 2 is 2.12 bits per heavy atom.